The van der Waals surface area contributed by atoms with E-state index in [1.165, 1.54) is 6.07 Å². The fraction of sp³-hybridized carbons (Fsp3) is 0.167. The Balaban J connectivity index is 2.16. The third-order valence-electron chi connectivity index (χ3n) is 2.29. The fourth-order valence-corrected chi connectivity index (χ4v) is 1.74. The predicted octanol–water partition coefficient (Wildman–Crippen LogP) is 3.55. The van der Waals surface area contributed by atoms with Crippen LogP contribution in [0.2, 0.25) is 0 Å². The number of rotatable bonds is 3. The first-order chi connectivity index (χ1) is 8.16. The lowest BCUT2D eigenvalue weighted by Crippen LogP contribution is -2.10. The van der Waals surface area contributed by atoms with Crippen molar-refractivity contribution in [1.82, 2.24) is 9.97 Å². The Morgan fingerprint density at radius 1 is 1.35 bits per heavy atom. The van der Waals surface area contributed by atoms with Gasteiger partial charge in [0.15, 0.2) is 11.6 Å². The summed E-state index contributed by atoms with van der Waals surface area (Å²) in [5.41, 5.74) is 0.844. The first-order valence-corrected chi connectivity index (χ1v) is 5.94. The van der Waals surface area contributed by atoms with Crippen molar-refractivity contribution in [2.24, 2.45) is 0 Å². The van der Waals surface area contributed by atoms with E-state index in [4.69, 9.17) is 0 Å². The van der Waals surface area contributed by atoms with Crippen LogP contribution in [-0.2, 0) is 0 Å². The number of halogens is 2. The minimum absolute atomic E-state index is 0.0978. The summed E-state index contributed by atoms with van der Waals surface area (Å²) in [4.78, 5) is 8.18. The Morgan fingerprint density at radius 3 is 2.82 bits per heavy atom. The largest absolute Gasteiger partial charge is 0.360 e. The quantitative estimate of drug-likeness (QED) is 0.941. The molecule has 0 saturated carbocycles. The second-order valence-corrected chi connectivity index (χ2v) is 4.52. The Bertz CT molecular complexity index is 504. The lowest BCUT2D eigenvalue weighted by molar-refractivity contribution is 0.619. The summed E-state index contributed by atoms with van der Waals surface area (Å²) in [6.07, 6.45) is 3.26. The van der Waals surface area contributed by atoms with Gasteiger partial charge in [-0.1, -0.05) is 6.07 Å². The molecule has 2 aromatic heterocycles. The summed E-state index contributed by atoms with van der Waals surface area (Å²) >= 11 is 3.16. The number of aromatic nitrogens is 2. The van der Waals surface area contributed by atoms with Gasteiger partial charge in [-0.25, -0.2) is 9.37 Å². The number of nitrogens with one attached hydrogen (secondary N) is 1. The van der Waals surface area contributed by atoms with E-state index in [9.17, 15) is 4.39 Å². The van der Waals surface area contributed by atoms with Gasteiger partial charge < -0.3 is 5.32 Å². The minimum Gasteiger partial charge on any atom is -0.360 e. The molecule has 2 heterocycles. The Labute approximate surface area is 107 Å². The number of nitrogens with zero attached hydrogens (tertiary/aromatic N) is 2. The highest BCUT2D eigenvalue weighted by molar-refractivity contribution is 9.10. The maximum atomic E-state index is 13.6. The average molecular weight is 296 g/mol. The van der Waals surface area contributed by atoms with Crippen molar-refractivity contribution in [2.45, 2.75) is 13.0 Å². The monoisotopic (exact) mass is 295 g/mol. The zero-order chi connectivity index (χ0) is 12.3. The van der Waals surface area contributed by atoms with Gasteiger partial charge in [0.1, 0.15) is 0 Å². The second-order valence-electron chi connectivity index (χ2n) is 3.60. The van der Waals surface area contributed by atoms with Crippen molar-refractivity contribution in [3.8, 4) is 0 Å². The third kappa shape index (κ3) is 3.00. The smallest absolute Gasteiger partial charge is 0.166 e. The molecule has 0 spiro atoms. The van der Waals surface area contributed by atoms with E-state index in [0.29, 0.717) is 4.47 Å². The summed E-state index contributed by atoms with van der Waals surface area (Å²) in [5.74, 6) is -0.159. The zero-order valence-electron chi connectivity index (χ0n) is 9.19. The van der Waals surface area contributed by atoms with E-state index in [1.54, 1.807) is 12.4 Å². The summed E-state index contributed by atoms with van der Waals surface area (Å²) in [7, 11) is 0. The van der Waals surface area contributed by atoms with Crippen LogP contribution in [0.1, 0.15) is 18.7 Å². The highest BCUT2D eigenvalue weighted by Crippen LogP contribution is 2.20. The molecule has 1 N–H and O–H groups in total. The number of pyridine rings is 2. The number of hydrogen-bond acceptors (Lipinski definition) is 3. The second kappa shape index (κ2) is 5.23. The van der Waals surface area contributed by atoms with Crippen molar-refractivity contribution >= 4 is 21.7 Å². The zero-order valence-corrected chi connectivity index (χ0v) is 10.8. The van der Waals surface area contributed by atoms with Crippen LogP contribution in [0.3, 0.4) is 0 Å². The molecule has 2 rings (SSSR count). The fourth-order valence-electron chi connectivity index (χ4n) is 1.43. The van der Waals surface area contributed by atoms with Gasteiger partial charge in [0.25, 0.3) is 0 Å². The van der Waals surface area contributed by atoms with Crippen LogP contribution in [0.5, 0.6) is 0 Å². The van der Waals surface area contributed by atoms with E-state index in [0.717, 1.165) is 5.69 Å². The Hall–Kier alpha value is -1.49. The molecule has 0 saturated heterocycles. The summed E-state index contributed by atoms with van der Waals surface area (Å²) < 4.78 is 14.2. The molecule has 0 radical (unpaired) electrons. The predicted molar refractivity (Wildman–Crippen MR) is 68.2 cm³/mol. The SMILES string of the molecule is CC(Nc1ncc(Br)cc1F)c1ccccn1. The van der Waals surface area contributed by atoms with Gasteiger partial charge >= 0.3 is 0 Å². The molecule has 2 aromatic rings. The van der Waals surface area contributed by atoms with Crippen LogP contribution in [0.4, 0.5) is 10.2 Å². The van der Waals surface area contributed by atoms with Crippen molar-refractivity contribution < 1.29 is 4.39 Å². The van der Waals surface area contributed by atoms with Crippen LogP contribution >= 0.6 is 15.9 Å². The summed E-state index contributed by atoms with van der Waals surface area (Å²) in [6, 6.07) is 6.90. The summed E-state index contributed by atoms with van der Waals surface area (Å²) in [6.45, 7) is 1.91. The normalized spacial score (nSPS) is 12.2. The number of anilines is 1. The molecule has 0 aliphatic carbocycles. The van der Waals surface area contributed by atoms with Crippen molar-refractivity contribution in [1.29, 1.82) is 0 Å². The van der Waals surface area contributed by atoms with Gasteiger partial charge in [-0.2, -0.15) is 0 Å². The molecule has 5 heteroatoms. The highest BCUT2D eigenvalue weighted by atomic mass is 79.9. The minimum atomic E-state index is -0.387. The van der Waals surface area contributed by atoms with Gasteiger partial charge in [0.2, 0.25) is 0 Å². The van der Waals surface area contributed by atoms with Gasteiger partial charge in [-0.05, 0) is 41.1 Å². The highest BCUT2D eigenvalue weighted by Gasteiger charge is 2.10. The molecule has 0 aliphatic heterocycles. The molecular weight excluding hydrogens is 285 g/mol. The molecular formula is C12H11BrFN3. The van der Waals surface area contributed by atoms with E-state index < -0.39 is 0 Å². The first-order valence-electron chi connectivity index (χ1n) is 5.15. The number of hydrogen-bond donors (Lipinski definition) is 1. The lowest BCUT2D eigenvalue weighted by Gasteiger charge is -2.14. The van der Waals surface area contributed by atoms with Crippen LogP contribution in [0.15, 0.2) is 41.1 Å². The van der Waals surface area contributed by atoms with Gasteiger partial charge in [-0.15, -0.1) is 0 Å². The van der Waals surface area contributed by atoms with Crippen LogP contribution < -0.4 is 5.32 Å². The maximum absolute atomic E-state index is 13.6. The van der Waals surface area contributed by atoms with Crippen molar-refractivity contribution in [2.75, 3.05) is 5.32 Å². The third-order valence-corrected chi connectivity index (χ3v) is 2.73. The van der Waals surface area contributed by atoms with Crippen LogP contribution in [0, 0.1) is 5.82 Å². The van der Waals surface area contributed by atoms with E-state index in [-0.39, 0.29) is 17.7 Å². The van der Waals surface area contributed by atoms with Gasteiger partial charge in [-0.3, -0.25) is 4.98 Å². The lowest BCUT2D eigenvalue weighted by atomic mass is 10.2. The molecule has 1 atom stereocenters. The topological polar surface area (TPSA) is 37.8 Å². The van der Waals surface area contributed by atoms with E-state index in [2.05, 4.69) is 31.2 Å². The van der Waals surface area contributed by atoms with Crippen molar-refractivity contribution in [3.05, 3.63) is 52.6 Å². The Morgan fingerprint density at radius 2 is 2.18 bits per heavy atom. The molecule has 0 fully saturated rings. The average Bonchev–Trinajstić information content (AvgIpc) is 2.34. The van der Waals surface area contributed by atoms with Crippen LogP contribution in [-0.4, -0.2) is 9.97 Å². The molecule has 0 aromatic carbocycles. The van der Waals surface area contributed by atoms with Crippen molar-refractivity contribution in [3.63, 3.8) is 0 Å². The summed E-state index contributed by atoms with van der Waals surface area (Å²) in [5, 5.41) is 2.98. The molecule has 17 heavy (non-hydrogen) atoms. The molecule has 0 amide bonds. The van der Waals surface area contributed by atoms with E-state index in [1.807, 2.05) is 25.1 Å². The van der Waals surface area contributed by atoms with E-state index >= 15 is 0 Å². The van der Waals surface area contributed by atoms with Gasteiger partial charge in [0.05, 0.1) is 11.7 Å². The van der Waals surface area contributed by atoms with Crippen LogP contribution in [0.25, 0.3) is 0 Å². The molecule has 3 nitrogen and oxygen atoms in total. The Kier molecular flexibility index (Phi) is 3.68. The molecule has 1 unspecified atom stereocenters. The maximum Gasteiger partial charge on any atom is 0.166 e. The first kappa shape index (κ1) is 12.0. The van der Waals surface area contributed by atoms with Gasteiger partial charge in [0, 0.05) is 16.9 Å². The molecule has 88 valence electrons. The standard InChI is InChI=1S/C12H11BrFN3/c1-8(11-4-2-3-5-15-11)17-12-10(14)6-9(13)7-16-12/h2-8H,1H3,(H,16,17). The molecule has 0 bridgehead atoms. The molecule has 0 aliphatic rings.